The summed E-state index contributed by atoms with van der Waals surface area (Å²) in [5.41, 5.74) is 4.35. The number of aromatic nitrogens is 1. The molecule has 1 N–H and O–H groups in total. The Kier molecular flexibility index (Phi) is 5.78. The third kappa shape index (κ3) is 4.35. The molecule has 3 rings (SSSR count). The standard InChI is InChI=1S/C21H22N2O2S/c1-14-6-4-9-18-15(2)10-20(23-21(14)18)26-13-19(24)22-12-16-7-5-8-17(11-16)25-3/h4-11H,12-13H2,1-3H3,(H,22,24). The van der Waals surface area contributed by atoms with Gasteiger partial charge in [-0.2, -0.15) is 0 Å². The average molecular weight is 366 g/mol. The van der Waals surface area contributed by atoms with E-state index in [-0.39, 0.29) is 5.91 Å². The minimum atomic E-state index is -0.0119. The summed E-state index contributed by atoms with van der Waals surface area (Å²) < 4.78 is 5.20. The molecular weight excluding hydrogens is 344 g/mol. The van der Waals surface area contributed by atoms with Gasteiger partial charge in [-0.05, 0) is 48.7 Å². The normalized spacial score (nSPS) is 10.7. The molecule has 134 valence electrons. The molecule has 4 nitrogen and oxygen atoms in total. The van der Waals surface area contributed by atoms with Gasteiger partial charge in [-0.15, -0.1) is 0 Å². The van der Waals surface area contributed by atoms with Gasteiger partial charge in [0, 0.05) is 11.9 Å². The Balaban J connectivity index is 1.60. The molecule has 2 aromatic carbocycles. The summed E-state index contributed by atoms with van der Waals surface area (Å²) in [5, 5.41) is 4.98. The van der Waals surface area contributed by atoms with Crippen LogP contribution in [0.1, 0.15) is 16.7 Å². The van der Waals surface area contributed by atoms with E-state index in [1.54, 1.807) is 7.11 Å². The van der Waals surface area contributed by atoms with Gasteiger partial charge in [0.1, 0.15) is 5.75 Å². The van der Waals surface area contributed by atoms with Crippen molar-refractivity contribution in [3.8, 4) is 5.75 Å². The molecule has 0 aliphatic carbocycles. The van der Waals surface area contributed by atoms with Crippen LogP contribution in [0.25, 0.3) is 10.9 Å². The SMILES string of the molecule is COc1cccc(CNC(=O)CSc2cc(C)c3cccc(C)c3n2)c1. The minimum Gasteiger partial charge on any atom is -0.497 e. The second-order valence-corrected chi connectivity index (χ2v) is 7.16. The molecular formula is C21H22N2O2S. The molecule has 0 fully saturated rings. The zero-order valence-corrected chi connectivity index (χ0v) is 16.0. The number of fused-ring (bicyclic) bond motifs is 1. The highest BCUT2D eigenvalue weighted by atomic mass is 32.2. The second-order valence-electron chi connectivity index (χ2n) is 6.17. The van der Waals surface area contributed by atoms with Gasteiger partial charge in [0.2, 0.25) is 5.91 Å². The number of hydrogen-bond donors (Lipinski definition) is 1. The van der Waals surface area contributed by atoms with Gasteiger partial charge in [0.25, 0.3) is 0 Å². The van der Waals surface area contributed by atoms with Crippen LogP contribution in [0, 0.1) is 13.8 Å². The van der Waals surface area contributed by atoms with Crippen molar-refractivity contribution in [2.24, 2.45) is 0 Å². The van der Waals surface area contributed by atoms with Gasteiger partial charge in [-0.3, -0.25) is 4.79 Å². The highest BCUT2D eigenvalue weighted by molar-refractivity contribution is 7.99. The van der Waals surface area contributed by atoms with Crippen LogP contribution in [-0.2, 0) is 11.3 Å². The maximum atomic E-state index is 12.2. The molecule has 0 atom stereocenters. The van der Waals surface area contributed by atoms with Crippen molar-refractivity contribution in [3.63, 3.8) is 0 Å². The number of benzene rings is 2. The first-order valence-electron chi connectivity index (χ1n) is 8.46. The molecule has 0 unspecified atom stereocenters. The Bertz CT molecular complexity index is 940. The number of methoxy groups -OCH3 is 1. The molecule has 3 aromatic rings. The average Bonchev–Trinajstić information content (AvgIpc) is 2.66. The molecule has 0 saturated heterocycles. The van der Waals surface area contributed by atoms with Gasteiger partial charge < -0.3 is 10.1 Å². The summed E-state index contributed by atoms with van der Waals surface area (Å²) in [4.78, 5) is 16.9. The fourth-order valence-electron chi connectivity index (χ4n) is 2.78. The van der Waals surface area contributed by atoms with E-state index in [9.17, 15) is 4.79 Å². The number of aryl methyl sites for hydroxylation is 2. The van der Waals surface area contributed by atoms with E-state index in [0.717, 1.165) is 32.8 Å². The Morgan fingerprint density at radius 3 is 2.73 bits per heavy atom. The smallest absolute Gasteiger partial charge is 0.230 e. The van der Waals surface area contributed by atoms with Gasteiger partial charge in [0.15, 0.2) is 0 Å². The molecule has 0 bridgehead atoms. The van der Waals surface area contributed by atoms with E-state index in [2.05, 4.69) is 31.3 Å². The van der Waals surface area contributed by atoms with Crippen molar-refractivity contribution in [2.45, 2.75) is 25.4 Å². The summed E-state index contributed by atoms with van der Waals surface area (Å²) in [6.45, 7) is 4.63. The first kappa shape index (κ1) is 18.3. The zero-order chi connectivity index (χ0) is 18.5. The Hall–Kier alpha value is -2.53. The summed E-state index contributed by atoms with van der Waals surface area (Å²) in [6, 6.07) is 15.9. The van der Waals surface area contributed by atoms with Gasteiger partial charge in [-0.25, -0.2) is 4.98 Å². The lowest BCUT2D eigenvalue weighted by Crippen LogP contribution is -2.24. The van der Waals surface area contributed by atoms with Crippen molar-refractivity contribution in [1.29, 1.82) is 0 Å². The maximum absolute atomic E-state index is 12.2. The second kappa shape index (κ2) is 8.23. The van der Waals surface area contributed by atoms with Crippen molar-refractivity contribution in [2.75, 3.05) is 12.9 Å². The van der Waals surface area contributed by atoms with Crippen LogP contribution < -0.4 is 10.1 Å². The van der Waals surface area contributed by atoms with E-state index in [1.807, 2.05) is 36.4 Å². The van der Waals surface area contributed by atoms with E-state index in [0.29, 0.717) is 12.3 Å². The van der Waals surface area contributed by atoms with Crippen LogP contribution in [0.4, 0.5) is 0 Å². The third-order valence-corrected chi connectivity index (χ3v) is 5.11. The predicted octanol–water partition coefficient (Wildman–Crippen LogP) is 4.27. The molecule has 1 aromatic heterocycles. The lowest BCUT2D eigenvalue weighted by Gasteiger charge is -2.09. The number of nitrogens with zero attached hydrogens (tertiary/aromatic N) is 1. The number of rotatable bonds is 6. The highest BCUT2D eigenvalue weighted by Gasteiger charge is 2.08. The van der Waals surface area contributed by atoms with Gasteiger partial charge in [0.05, 0.1) is 23.4 Å². The largest absolute Gasteiger partial charge is 0.497 e. The molecule has 0 aliphatic heterocycles. The Morgan fingerprint density at radius 2 is 1.92 bits per heavy atom. The van der Waals surface area contributed by atoms with Crippen LogP contribution in [0.15, 0.2) is 53.6 Å². The Labute approximate surface area is 158 Å². The summed E-state index contributed by atoms with van der Waals surface area (Å²) in [6.07, 6.45) is 0. The number of ether oxygens (including phenoxy) is 1. The number of hydrogen-bond acceptors (Lipinski definition) is 4. The molecule has 1 amide bonds. The predicted molar refractivity (Wildman–Crippen MR) is 107 cm³/mol. The summed E-state index contributed by atoms with van der Waals surface area (Å²) in [7, 11) is 1.63. The fourth-order valence-corrected chi connectivity index (χ4v) is 3.58. The van der Waals surface area contributed by atoms with Crippen LogP contribution in [0.5, 0.6) is 5.75 Å². The Morgan fingerprint density at radius 1 is 1.12 bits per heavy atom. The quantitative estimate of drug-likeness (QED) is 0.662. The number of thioether (sulfide) groups is 1. The number of carbonyl (C=O) groups is 1. The van der Waals surface area contributed by atoms with Crippen molar-refractivity contribution >= 4 is 28.6 Å². The molecule has 0 saturated carbocycles. The van der Waals surface area contributed by atoms with Crippen LogP contribution in [-0.4, -0.2) is 23.8 Å². The minimum absolute atomic E-state index is 0.0119. The van der Waals surface area contributed by atoms with Crippen molar-refractivity contribution < 1.29 is 9.53 Å². The van der Waals surface area contributed by atoms with Crippen LogP contribution in [0.2, 0.25) is 0 Å². The van der Waals surface area contributed by atoms with Gasteiger partial charge in [-0.1, -0.05) is 42.1 Å². The number of nitrogens with one attached hydrogen (secondary N) is 1. The molecule has 1 heterocycles. The molecule has 0 spiro atoms. The van der Waals surface area contributed by atoms with Crippen LogP contribution >= 0.6 is 11.8 Å². The van der Waals surface area contributed by atoms with E-state index >= 15 is 0 Å². The van der Waals surface area contributed by atoms with Crippen molar-refractivity contribution in [3.05, 3.63) is 65.2 Å². The molecule has 26 heavy (non-hydrogen) atoms. The maximum Gasteiger partial charge on any atom is 0.230 e. The summed E-state index contributed by atoms with van der Waals surface area (Å²) in [5.74, 6) is 1.12. The highest BCUT2D eigenvalue weighted by Crippen LogP contribution is 2.25. The van der Waals surface area contributed by atoms with Crippen molar-refractivity contribution in [1.82, 2.24) is 10.3 Å². The first-order valence-corrected chi connectivity index (χ1v) is 9.45. The third-order valence-electron chi connectivity index (χ3n) is 4.20. The monoisotopic (exact) mass is 366 g/mol. The number of pyridine rings is 1. The zero-order valence-electron chi connectivity index (χ0n) is 15.2. The molecule has 0 aliphatic rings. The summed E-state index contributed by atoms with van der Waals surface area (Å²) >= 11 is 1.46. The topological polar surface area (TPSA) is 51.2 Å². The lowest BCUT2D eigenvalue weighted by atomic mass is 10.1. The molecule has 5 heteroatoms. The van der Waals surface area contributed by atoms with Gasteiger partial charge >= 0.3 is 0 Å². The first-order chi connectivity index (χ1) is 12.6. The lowest BCUT2D eigenvalue weighted by molar-refractivity contribution is -0.118. The fraction of sp³-hybridized carbons (Fsp3) is 0.238. The number of carbonyl (C=O) groups excluding carboxylic acids is 1. The number of amides is 1. The van der Waals surface area contributed by atoms with E-state index in [4.69, 9.17) is 9.72 Å². The molecule has 0 radical (unpaired) electrons. The van der Waals surface area contributed by atoms with E-state index < -0.39 is 0 Å². The number of para-hydroxylation sites is 1. The van der Waals surface area contributed by atoms with E-state index in [1.165, 1.54) is 17.3 Å². The van der Waals surface area contributed by atoms with Crippen LogP contribution in [0.3, 0.4) is 0 Å².